The van der Waals surface area contributed by atoms with Crippen molar-refractivity contribution >= 4 is 11.8 Å². The van der Waals surface area contributed by atoms with E-state index in [-0.39, 0.29) is 23.6 Å². The number of fused-ring (bicyclic) bond motifs is 1. The highest BCUT2D eigenvalue weighted by Gasteiger charge is 2.31. The molecule has 1 aromatic rings. The van der Waals surface area contributed by atoms with Gasteiger partial charge in [0.05, 0.1) is 0 Å². The van der Waals surface area contributed by atoms with E-state index in [2.05, 4.69) is 10.6 Å². The molecule has 1 saturated carbocycles. The minimum Gasteiger partial charge on any atom is -0.396 e. The van der Waals surface area contributed by atoms with Crippen molar-refractivity contribution in [3.8, 4) is 0 Å². The van der Waals surface area contributed by atoms with Crippen LogP contribution in [0.4, 0.5) is 0 Å². The molecular formula is C27H43N3O4. The lowest BCUT2D eigenvalue weighted by molar-refractivity contribution is -0.126. The molecule has 1 fully saturated rings. The first-order chi connectivity index (χ1) is 16.3. The molecule has 2 amide bonds. The summed E-state index contributed by atoms with van der Waals surface area (Å²) in [5.41, 5.74) is 1.01. The lowest BCUT2D eigenvalue weighted by atomic mass is 9.88. The number of unbranched alkanes of at least 4 members (excludes halogenated alkanes) is 1. The molecule has 7 nitrogen and oxygen atoms in total. The molecule has 0 bridgehead atoms. The van der Waals surface area contributed by atoms with Crippen molar-refractivity contribution in [2.24, 2.45) is 5.92 Å². The van der Waals surface area contributed by atoms with Crippen LogP contribution in [0.3, 0.4) is 0 Å². The highest BCUT2D eigenvalue weighted by Crippen LogP contribution is 2.27. The lowest BCUT2D eigenvalue weighted by Gasteiger charge is -2.28. The summed E-state index contributed by atoms with van der Waals surface area (Å²) in [6.45, 7) is 4.52. The summed E-state index contributed by atoms with van der Waals surface area (Å²) in [7, 11) is 0. The molecule has 0 radical (unpaired) electrons. The van der Waals surface area contributed by atoms with Crippen LogP contribution in [0.2, 0.25) is 0 Å². The fourth-order valence-electron chi connectivity index (χ4n) is 5.29. The van der Waals surface area contributed by atoms with E-state index in [0.717, 1.165) is 49.8 Å². The maximum atomic E-state index is 13.6. The van der Waals surface area contributed by atoms with Crippen LogP contribution in [-0.4, -0.2) is 40.2 Å². The van der Waals surface area contributed by atoms with Crippen molar-refractivity contribution in [3.05, 3.63) is 33.2 Å². The average Bonchev–Trinajstić information content (AvgIpc) is 2.79. The third kappa shape index (κ3) is 6.94. The van der Waals surface area contributed by atoms with Gasteiger partial charge < -0.3 is 20.3 Å². The van der Waals surface area contributed by atoms with Gasteiger partial charge in [0.1, 0.15) is 11.1 Å². The fourth-order valence-corrected chi connectivity index (χ4v) is 5.29. The summed E-state index contributed by atoms with van der Waals surface area (Å²) < 4.78 is 1.91. The summed E-state index contributed by atoms with van der Waals surface area (Å²) in [5.74, 6) is -0.296. The van der Waals surface area contributed by atoms with E-state index in [9.17, 15) is 14.4 Å². The Kier molecular flexibility index (Phi) is 9.74. The number of aryl methyl sites for hydroxylation is 1. The number of aromatic nitrogens is 1. The van der Waals surface area contributed by atoms with Gasteiger partial charge in [0, 0.05) is 25.4 Å². The van der Waals surface area contributed by atoms with Crippen LogP contribution in [0.1, 0.15) is 106 Å². The number of rotatable bonds is 9. The van der Waals surface area contributed by atoms with Crippen molar-refractivity contribution in [2.45, 2.75) is 109 Å². The third-order valence-electron chi connectivity index (χ3n) is 7.37. The molecule has 2 aliphatic carbocycles. The Morgan fingerprint density at radius 2 is 1.71 bits per heavy atom. The standard InChI is InChI=1S/C27H43N3O4/c1-27(2,26(34)28-16-10-11-17-31)29-24(32)22-18-21-14-8-3-4-9-15-23(21)30(25(22)33)19-20-12-6-5-7-13-20/h18,20,31H,3-17,19H2,1-2H3,(H,28,34)(H,29,32). The van der Waals surface area contributed by atoms with Gasteiger partial charge in [-0.2, -0.15) is 0 Å². The molecule has 0 unspecified atom stereocenters. The van der Waals surface area contributed by atoms with E-state index < -0.39 is 11.4 Å². The molecule has 1 heterocycles. The Balaban J connectivity index is 1.85. The number of amides is 2. The minimum atomic E-state index is -1.15. The van der Waals surface area contributed by atoms with Gasteiger partial charge in [0.15, 0.2) is 0 Å². The molecule has 2 aliphatic rings. The molecule has 0 spiro atoms. The zero-order valence-corrected chi connectivity index (χ0v) is 21.1. The van der Waals surface area contributed by atoms with Crippen molar-refractivity contribution in [2.75, 3.05) is 13.2 Å². The number of hydrogen-bond donors (Lipinski definition) is 3. The van der Waals surface area contributed by atoms with Crippen LogP contribution in [0.15, 0.2) is 10.9 Å². The van der Waals surface area contributed by atoms with Crippen molar-refractivity contribution in [3.63, 3.8) is 0 Å². The van der Waals surface area contributed by atoms with E-state index in [1.807, 2.05) is 4.57 Å². The molecule has 3 N–H and O–H groups in total. The van der Waals surface area contributed by atoms with Crippen LogP contribution in [0.25, 0.3) is 0 Å². The highest BCUT2D eigenvalue weighted by atomic mass is 16.3. The number of aliphatic hydroxyl groups is 1. The molecule has 190 valence electrons. The number of aliphatic hydroxyl groups excluding tert-OH is 1. The van der Waals surface area contributed by atoms with Gasteiger partial charge in [-0.3, -0.25) is 14.4 Å². The zero-order chi connectivity index (χ0) is 24.6. The van der Waals surface area contributed by atoms with Crippen LogP contribution < -0.4 is 16.2 Å². The zero-order valence-electron chi connectivity index (χ0n) is 21.1. The molecule has 0 aromatic carbocycles. The molecular weight excluding hydrogens is 430 g/mol. The summed E-state index contributed by atoms with van der Waals surface area (Å²) in [6, 6.07) is 1.80. The van der Waals surface area contributed by atoms with Crippen LogP contribution in [0.5, 0.6) is 0 Å². The van der Waals surface area contributed by atoms with Gasteiger partial charge in [0.25, 0.3) is 11.5 Å². The predicted molar refractivity (Wildman–Crippen MR) is 134 cm³/mol. The maximum absolute atomic E-state index is 13.6. The van der Waals surface area contributed by atoms with Gasteiger partial charge in [-0.05, 0) is 82.8 Å². The molecule has 0 atom stereocenters. The summed E-state index contributed by atoms with van der Waals surface area (Å²) in [6.07, 6.45) is 13.5. The van der Waals surface area contributed by atoms with E-state index >= 15 is 0 Å². The fraction of sp³-hybridized carbons (Fsp3) is 0.741. The Bertz CT molecular complexity index is 900. The van der Waals surface area contributed by atoms with Crippen LogP contribution in [0, 0.1) is 5.92 Å². The van der Waals surface area contributed by atoms with E-state index in [4.69, 9.17) is 5.11 Å². The normalized spacial score (nSPS) is 17.4. The Hall–Kier alpha value is -2.15. The second-order valence-corrected chi connectivity index (χ2v) is 10.6. The van der Waals surface area contributed by atoms with Gasteiger partial charge in [-0.15, -0.1) is 0 Å². The van der Waals surface area contributed by atoms with E-state index in [0.29, 0.717) is 31.8 Å². The Labute approximate surface area is 203 Å². The van der Waals surface area contributed by atoms with Gasteiger partial charge in [0.2, 0.25) is 5.91 Å². The molecule has 3 rings (SSSR count). The molecule has 0 aliphatic heterocycles. The maximum Gasteiger partial charge on any atom is 0.263 e. The van der Waals surface area contributed by atoms with Gasteiger partial charge in [-0.1, -0.05) is 32.1 Å². The smallest absolute Gasteiger partial charge is 0.263 e. The number of nitrogens with one attached hydrogen (secondary N) is 2. The first kappa shape index (κ1) is 26.5. The number of pyridine rings is 1. The molecule has 0 saturated heterocycles. The van der Waals surface area contributed by atoms with Crippen molar-refractivity contribution in [1.82, 2.24) is 15.2 Å². The second kappa shape index (κ2) is 12.5. The quantitative estimate of drug-likeness (QED) is 0.478. The molecule has 7 heteroatoms. The summed E-state index contributed by atoms with van der Waals surface area (Å²) in [4.78, 5) is 39.6. The topological polar surface area (TPSA) is 100 Å². The Morgan fingerprint density at radius 3 is 2.41 bits per heavy atom. The number of carbonyl (C=O) groups excluding carboxylic acids is 2. The van der Waals surface area contributed by atoms with Gasteiger partial charge >= 0.3 is 0 Å². The highest BCUT2D eigenvalue weighted by molar-refractivity contribution is 5.98. The van der Waals surface area contributed by atoms with Crippen LogP contribution >= 0.6 is 0 Å². The van der Waals surface area contributed by atoms with Crippen molar-refractivity contribution in [1.29, 1.82) is 0 Å². The average molecular weight is 474 g/mol. The molecule has 1 aromatic heterocycles. The van der Waals surface area contributed by atoms with E-state index in [1.54, 1.807) is 19.9 Å². The minimum absolute atomic E-state index is 0.0848. The van der Waals surface area contributed by atoms with Crippen molar-refractivity contribution < 1.29 is 14.7 Å². The lowest BCUT2D eigenvalue weighted by Crippen LogP contribution is -2.55. The third-order valence-corrected chi connectivity index (χ3v) is 7.37. The first-order valence-electron chi connectivity index (χ1n) is 13.3. The predicted octanol–water partition coefficient (Wildman–Crippen LogP) is 3.48. The van der Waals surface area contributed by atoms with E-state index in [1.165, 1.54) is 32.1 Å². The first-order valence-corrected chi connectivity index (χ1v) is 13.3. The largest absolute Gasteiger partial charge is 0.396 e. The number of nitrogens with zero attached hydrogens (tertiary/aromatic N) is 1. The molecule has 34 heavy (non-hydrogen) atoms. The summed E-state index contributed by atoms with van der Waals surface area (Å²) >= 11 is 0. The van der Waals surface area contributed by atoms with Gasteiger partial charge in [-0.25, -0.2) is 0 Å². The van der Waals surface area contributed by atoms with Crippen LogP contribution in [-0.2, 0) is 24.2 Å². The summed E-state index contributed by atoms with van der Waals surface area (Å²) in [5, 5.41) is 14.5. The number of hydrogen-bond acceptors (Lipinski definition) is 4. The Morgan fingerprint density at radius 1 is 1.03 bits per heavy atom. The monoisotopic (exact) mass is 473 g/mol. The number of carbonyl (C=O) groups is 2. The SMILES string of the molecule is CC(C)(NC(=O)c1cc2c(n(CC3CCCCC3)c1=O)CCCCCC2)C(=O)NCCCCO. The second-order valence-electron chi connectivity index (χ2n) is 10.6.